The first-order valence-corrected chi connectivity index (χ1v) is 10.2. The molecule has 2 saturated heterocycles. The van der Waals surface area contributed by atoms with Crippen molar-refractivity contribution in [1.82, 2.24) is 19.6 Å². The highest BCUT2D eigenvalue weighted by atomic mass is 16.2. The van der Waals surface area contributed by atoms with Gasteiger partial charge < -0.3 is 9.80 Å². The van der Waals surface area contributed by atoms with Crippen LogP contribution >= 0.6 is 0 Å². The first-order chi connectivity index (χ1) is 12.2. The van der Waals surface area contributed by atoms with Gasteiger partial charge >= 0.3 is 0 Å². The second-order valence-corrected chi connectivity index (χ2v) is 7.98. The molecule has 2 fully saturated rings. The van der Waals surface area contributed by atoms with E-state index in [1.165, 1.54) is 45.1 Å². The van der Waals surface area contributed by atoms with Crippen molar-refractivity contribution in [3.8, 4) is 0 Å². The number of hydrogen-bond acceptors (Lipinski definition) is 3. The monoisotopic (exact) mass is 346 g/mol. The Morgan fingerprint density at radius 3 is 2.64 bits per heavy atom. The maximum Gasteiger partial charge on any atom is 0.226 e. The quantitative estimate of drug-likeness (QED) is 0.713. The van der Waals surface area contributed by atoms with Gasteiger partial charge in [0.1, 0.15) is 0 Å². The van der Waals surface area contributed by atoms with Crippen molar-refractivity contribution in [1.29, 1.82) is 0 Å². The number of aromatic nitrogens is 2. The average molecular weight is 347 g/mol. The molecule has 0 N–H and O–H groups in total. The molecule has 1 aromatic rings. The fourth-order valence-electron chi connectivity index (χ4n) is 4.17. The molecule has 0 saturated carbocycles. The number of rotatable bonds is 7. The van der Waals surface area contributed by atoms with Crippen molar-refractivity contribution < 1.29 is 4.79 Å². The summed E-state index contributed by atoms with van der Waals surface area (Å²) < 4.78 is 2.01. The fraction of sp³-hybridized carbons (Fsp3) is 0.800. The van der Waals surface area contributed by atoms with Crippen LogP contribution in [0.4, 0.5) is 0 Å². The van der Waals surface area contributed by atoms with Crippen molar-refractivity contribution in [2.45, 2.75) is 58.4 Å². The molecule has 2 aliphatic rings. The lowest BCUT2D eigenvalue weighted by atomic mass is 9.93. The highest BCUT2D eigenvalue weighted by molar-refractivity contribution is 5.79. The number of piperidine rings is 2. The molecular weight excluding hydrogens is 312 g/mol. The standard InChI is InChI=1S/C20H34N4O/c1-18-8-15-23(16-9-18)20(25)19-7-5-12-22(17-19)11-3-2-4-13-24-14-6-10-21-24/h6,10,14,18-19H,2-5,7-9,11-13,15-17H2,1H3/t19-/m0/s1. The van der Waals surface area contributed by atoms with Crippen LogP contribution in [-0.4, -0.2) is 58.2 Å². The summed E-state index contributed by atoms with van der Waals surface area (Å²) in [5, 5.41) is 4.25. The predicted octanol–water partition coefficient (Wildman–Crippen LogP) is 3.02. The van der Waals surface area contributed by atoms with Crippen LogP contribution in [0.3, 0.4) is 0 Å². The molecule has 2 aliphatic heterocycles. The average Bonchev–Trinajstić information content (AvgIpc) is 3.15. The molecule has 0 spiro atoms. The minimum atomic E-state index is 0.242. The van der Waals surface area contributed by atoms with Gasteiger partial charge in [0, 0.05) is 38.6 Å². The molecule has 3 rings (SSSR count). The third kappa shape index (κ3) is 5.56. The van der Waals surface area contributed by atoms with Crippen molar-refractivity contribution in [3.63, 3.8) is 0 Å². The number of carbonyl (C=O) groups is 1. The first-order valence-electron chi connectivity index (χ1n) is 10.2. The molecule has 0 radical (unpaired) electrons. The Morgan fingerprint density at radius 1 is 1.08 bits per heavy atom. The second-order valence-electron chi connectivity index (χ2n) is 7.98. The van der Waals surface area contributed by atoms with E-state index in [9.17, 15) is 4.79 Å². The normalized spacial score (nSPS) is 23.1. The molecule has 1 amide bonds. The lowest BCUT2D eigenvalue weighted by molar-refractivity contribution is -0.138. The number of likely N-dealkylation sites (tertiary alicyclic amines) is 2. The van der Waals surface area contributed by atoms with E-state index >= 15 is 0 Å². The maximum absolute atomic E-state index is 12.8. The Balaban J connectivity index is 1.34. The van der Waals surface area contributed by atoms with Crippen molar-refractivity contribution in [2.24, 2.45) is 11.8 Å². The van der Waals surface area contributed by atoms with E-state index < -0.39 is 0 Å². The SMILES string of the molecule is CC1CCN(C(=O)[C@H]2CCCN(CCCCCn3cccn3)C2)CC1. The molecule has 0 aliphatic carbocycles. The van der Waals surface area contributed by atoms with Crippen LogP contribution in [0.5, 0.6) is 0 Å². The molecule has 5 nitrogen and oxygen atoms in total. The summed E-state index contributed by atoms with van der Waals surface area (Å²) in [6.07, 6.45) is 12.1. The van der Waals surface area contributed by atoms with E-state index in [1.807, 2.05) is 23.1 Å². The van der Waals surface area contributed by atoms with Gasteiger partial charge in [-0.1, -0.05) is 13.3 Å². The van der Waals surface area contributed by atoms with Gasteiger partial charge in [0.25, 0.3) is 0 Å². The number of amides is 1. The molecule has 25 heavy (non-hydrogen) atoms. The highest BCUT2D eigenvalue weighted by Gasteiger charge is 2.30. The van der Waals surface area contributed by atoms with Gasteiger partial charge in [-0.3, -0.25) is 9.48 Å². The molecule has 3 heterocycles. The zero-order valence-electron chi connectivity index (χ0n) is 15.8. The Bertz CT molecular complexity index is 508. The fourth-order valence-corrected chi connectivity index (χ4v) is 4.17. The maximum atomic E-state index is 12.8. The summed E-state index contributed by atoms with van der Waals surface area (Å²) >= 11 is 0. The number of hydrogen-bond donors (Lipinski definition) is 0. The van der Waals surface area contributed by atoms with Gasteiger partial charge in [0.15, 0.2) is 0 Å². The number of carbonyl (C=O) groups excluding carboxylic acids is 1. The van der Waals surface area contributed by atoms with E-state index in [4.69, 9.17) is 0 Å². The lowest BCUT2D eigenvalue weighted by Gasteiger charge is -2.37. The zero-order valence-corrected chi connectivity index (χ0v) is 15.8. The Kier molecular flexibility index (Phi) is 6.91. The first kappa shape index (κ1) is 18.4. The third-order valence-corrected chi connectivity index (χ3v) is 5.87. The summed E-state index contributed by atoms with van der Waals surface area (Å²) in [6, 6.07) is 1.98. The minimum absolute atomic E-state index is 0.242. The minimum Gasteiger partial charge on any atom is -0.342 e. The van der Waals surface area contributed by atoms with E-state index in [-0.39, 0.29) is 5.92 Å². The van der Waals surface area contributed by atoms with Crippen molar-refractivity contribution in [2.75, 3.05) is 32.7 Å². The largest absolute Gasteiger partial charge is 0.342 e. The van der Waals surface area contributed by atoms with E-state index in [0.29, 0.717) is 5.91 Å². The van der Waals surface area contributed by atoms with Gasteiger partial charge in [0.2, 0.25) is 5.91 Å². The van der Waals surface area contributed by atoms with E-state index in [0.717, 1.165) is 45.1 Å². The Hall–Kier alpha value is -1.36. The number of nitrogens with zero attached hydrogens (tertiary/aromatic N) is 4. The summed E-state index contributed by atoms with van der Waals surface area (Å²) in [5.41, 5.74) is 0. The van der Waals surface area contributed by atoms with Gasteiger partial charge in [-0.25, -0.2) is 0 Å². The number of aryl methyl sites for hydroxylation is 1. The number of unbranched alkanes of at least 4 members (excludes halogenated alkanes) is 2. The molecule has 0 unspecified atom stereocenters. The second kappa shape index (κ2) is 9.37. The molecule has 0 aromatic carbocycles. The molecule has 5 heteroatoms. The summed E-state index contributed by atoms with van der Waals surface area (Å²) in [7, 11) is 0. The van der Waals surface area contributed by atoms with E-state index in [1.54, 1.807) is 0 Å². The van der Waals surface area contributed by atoms with Gasteiger partial charge in [-0.2, -0.15) is 5.10 Å². The molecule has 140 valence electrons. The lowest BCUT2D eigenvalue weighted by Crippen LogP contribution is -2.47. The van der Waals surface area contributed by atoms with Crippen LogP contribution in [0, 0.1) is 11.8 Å². The van der Waals surface area contributed by atoms with Crippen LogP contribution in [0.15, 0.2) is 18.5 Å². The molecule has 0 bridgehead atoms. The van der Waals surface area contributed by atoms with Gasteiger partial charge in [0.05, 0.1) is 5.92 Å². The molecule has 1 aromatic heterocycles. The topological polar surface area (TPSA) is 41.4 Å². The van der Waals surface area contributed by atoms with Crippen molar-refractivity contribution >= 4 is 5.91 Å². The molecule has 1 atom stereocenters. The van der Waals surface area contributed by atoms with Crippen LogP contribution in [0.2, 0.25) is 0 Å². The summed E-state index contributed by atoms with van der Waals surface area (Å²) in [5.74, 6) is 1.45. The summed E-state index contributed by atoms with van der Waals surface area (Å²) in [6.45, 7) is 8.55. The highest BCUT2D eigenvalue weighted by Crippen LogP contribution is 2.23. The molecular formula is C20H34N4O. The third-order valence-electron chi connectivity index (χ3n) is 5.87. The predicted molar refractivity (Wildman–Crippen MR) is 100 cm³/mol. The van der Waals surface area contributed by atoms with Gasteiger partial charge in [-0.15, -0.1) is 0 Å². The summed E-state index contributed by atoms with van der Waals surface area (Å²) in [4.78, 5) is 17.5. The van der Waals surface area contributed by atoms with E-state index in [2.05, 4.69) is 21.8 Å². The van der Waals surface area contributed by atoms with Gasteiger partial charge in [-0.05, 0) is 63.6 Å². The van der Waals surface area contributed by atoms with Crippen LogP contribution in [-0.2, 0) is 11.3 Å². The van der Waals surface area contributed by atoms with Crippen LogP contribution < -0.4 is 0 Å². The van der Waals surface area contributed by atoms with Crippen molar-refractivity contribution in [3.05, 3.63) is 18.5 Å². The Labute approximate surface area is 152 Å². The Morgan fingerprint density at radius 2 is 1.88 bits per heavy atom. The zero-order chi connectivity index (χ0) is 17.5. The van der Waals surface area contributed by atoms with Crippen LogP contribution in [0.25, 0.3) is 0 Å². The van der Waals surface area contributed by atoms with Crippen LogP contribution in [0.1, 0.15) is 51.9 Å². The smallest absolute Gasteiger partial charge is 0.226 e.